The van der Waals surface area contributed by atoms with E-state index in [1.165, 1.54) is 12.1 Å². The van der Waals surface area contributed by atoms with Crippen LogP contribution in [0.1, 0.15) is 16.5 Å². The topological polar surface area (TPSA) is 38.5 Å². The molecule has 3 nitrogen and oxygen atoms in total. The van der Waals surface area contributed by atoms with Crippen LogP contribution < -0.4 is 0 Å². The summed E-state index contributed by atoms with van der Waals surface area (Å²) in [6.07, 6.45) is 0. The maximum absolute atomic E-state index is 12.7. The maximum atomic E-state index is 12.7. The fourth-order valence-corrected chi connectivity index (χ4v) is 4.30. The van der Waals surface area contributed by atoms with Crippen molar-refractivity contribution in [3.63, 3.8) is 0 Å². The summed E-state index contributed by atoms with van der Waals surface area (Å²) in [7, 11) is -3.77. The molecule has 0 amide bonds. The molecule has 0 aliphatic carbocycles. The summed E-state index contributed by atoms with van der Waals surface area (Å²) in [5.74, 6) is 0. The predicted molar refractivity (Wildman–Crippen MR) is 89.5 cm³/mol. The fourth-order valence-electron chi connectivity index (χ4n) is 1.87. The molecule has 0 saturated carbocycles. The Kier molecular flexibility index (Phi) is 4.87. The van der Waals surface area contributed by atoms with Crippen LogP contribution in [0, 0.1) is 13.5 Å². The number of rotatable bonds is 3. The zero-order valence-corrected chi connectivity index (χ0v) is 15.0. The van der Waals surface area contributed by atoms with Gasteiger partial charge in [0.25, 0.3) is 9.84 Å². The lowest BCUT2D eigenvalue weighted by Crippen LogP contribution is -2.11. The zero-order valence-electron chi connectivity index (χ0n) is 11.0. The number of hydrogen-bond donors (Lipinski definition) is 0. The van der Waals surface area contributed by atoms with E-state index in [-0.39, 0.29) is 4.90 Å². The quantitative estimate of drug-likeness (QED) is 0.651. The summed E-state index contributed by atoms with van der Waals surface area (Å²) in [6, 6.07) is 11.7. The standard InChI is InChI=1S/C15H11Br2NO2S/c1-10-3-6-12(7-4-10)21(19,20)15(18-2)13-9-11(16)5-8-14(13)17/h3-9,15H,1H3/t15-/m1/s1. The van der Waals surface area contributed by atoms with E-state index in [1.54, 1.807) is 30.3 Å². The minimum Gasteiger partial charge on any atom is -0.291 e. The average Bonchev–Trinajstić information content (AvgIpc) is 2.43. The van der Waals surface area contributed by atoms with Crippen molar-refractivity contribution >= 4 is 41.7 Å². The highest BCUT2D eigenvalue weighted by Crippen LogP contribution is 2.36. The highest BCUT2D eigenvalue weighted by atomic mass is 79.9. The molecule has 0 aliphatic heterocycles. The van der Waals surface area contributed by atoms with E-state index >= 15 is 0 Å². The van der Waals surface area contributed by atoms with Crippen LogP contribution in [-0.4, -0.2) is 8.42 Å². The van der Waals surface area contributed by atoms with Crippen LogP contribution in [0.25, 0.3) is 4.85 Å². The van der Waals surface area contributed by atoms with E-state index in [0.29, 0.717) is 10.0 Å². The molecular formula is C15H11Br2NO2S. The summed E-state index contributed by atoms with van der Waals surface area (Å²) in [5, 5.41) is -1.27. The van der Waals surface area contributed by atoms with Crippen molar-refractivity contribution in [2.45, 2.75) is 17.2 Å². The van der Waals surface area contributed by atoms with Crippen molar-refractivity contribution in [3.05, 3.63) is 74.0 Å². The van der Waals surface area contributed by atoms with Gasteiger partial charge in [0.15, 0.2) is 0 Å². The number of nitrogens with zero attached hydrogens (tertiary/aromatic N) is 1. The van der Waals surface area contributed by atoms with Crippen molar-refractivity contribution in [2.24, 2.45) is 0 Å². The second-order valence-electron chi connectivity index (χ2n) is 4.51. The molecule has 2 aromatic carbocycles. The van der Waals surface area contributed by atoms with Gasteiger partial charge in [0, 0.05) is 8.95 Å². The molecule has 0 saturated heterocycles. The van der Waals surface area contributed by atoms with Gasteiger partial charge < -0.3 is 0 Å². The minimum absolute atomic E-state index is 0.154. The number of halogens is 2. The number of aryl methyl sites for hydroxylation is 1. The van der Waals surface area contributed by atoms with E-state index in [0.717, 1.165) is 10.0 Å². The third kappa shape index (κ3) is 3.37. The van der Waals surface area contributed by atoms with Gasteiger partial charge in [-0.25, -0.2) is 15.0 Å². The maximum Gasteiger partial charge on any atom is 0.351 e. The third-order valence-electron chi connectivity index (χ3n) is 2.98. The number of sulfone groups is 1. The minimum atomic E-state index is -3.77. The largest absolute Gasteiger partial charge is 0.351 e. The van der Waals surface area contributed by atoms with Crippen LogP contribution in [0.15, 0.2) is 56.3 Å². The highest BCUT2D eigenvalue weighted by molar-refractivity contribution is 9.11. The molecule has 0 unspecified atom stereocenters. The molecule has 6 heteroatoms. The van der Waals surface area contributed by atoms with Gasteiger partial charge in [0.05, 0.1) is 10.5 Å². The molecular weight excluding hydrogens is 418 g/mol. The third-order valence-corrected chi connectivity index (χ3v) is 6.08. The SMILES string of the molecule is [C-]#[N+][C@@H](c1cc(Br)ccc1Br)S(=O)(=O)c1ccc(C)cc1. The Bertz CT molecular complexity index is 809. The van der Waals surface area contributed by atoms with Gasteiger partial charge in [0.2, 0.25) is 0 Å². The van der Waals surface area contributed by atoms with Gasteiger partial charge in [-0.05, 0) is 37.3 Å². The van der Waals surface area contributed by atoms with Crippen molar-refractivity contribution in [2.75, 3.05) is 0 Å². The molecule has 0 N–H and O–H groups in total. The molecule has 0 radical (unpaired) electrons. The van der Waals surface area contributed by atoms with Gasteiger partial charge in [-0.3, -0.25) is 4.85 Å². The average molecular weight is 429 g/mol. The summed E-state index contributed by atoms with van der Waals surface area (Å²) >= 11 is 6.63. The van der Waals surface area contributed by atoms with Crippen LogP contribution in [0.5, 0.6) is 0 Å². The lowest BCUT2D eigenvalue weighted by atomic mass is 10.2. The van der Waals surface area contributed by atoms with Gasteiger partial charge in [0.1, 0.15) is 0 Å². The monoisotopic (exact) mass is 427 g/mol. The normalized spacial score (nSPS) is 12.7. The van der Waals surface area contributed by atoms with Gasteiger partial charge in [-0.15, -0.1) is 0 Å². The van der Waals surface area contributed by atoms with E-state index in [4.69, 9.17) is 6.57 Å². The second-order valence-corrected chi connectivity index (χ2v) is 8.28. The van der Waals surface area contributed by atoms with Gasteiger partial charge in [-0.2, -0.15) is 0 Å². The van der Waals surface area contributed by atoms with E-state index in [9.17, 15) is 8.42 Å². The summed E-state index contributed by atoms with van der Waals surface area (Å²) < 4.78 is 26.7. The molecule has 2 rings (SSSR count). The lowest BCUT2D eigenvalue weighted by molar-refractivity contribution is 0.590. The molecule has 0 heterocycles. The Morgan fingerprint density at radius 2 is 1.71 bits per heavy atom. The summed E-state index contributed by atoms with van der Waals surface area (Å²) in [5.41, 5.74) is 1.40. The Morgan fingerprint density at radius 3 is 2.29 bits per heavy atom. The van der Waals surface area contributed by atoms with E-state index in [1.807, 2.05) is 6.92 Å². The smallest absolute Gasteiger partial charge is 0.291 e. The van der Waals surface area contributed by atoms with Crippen molar-refractivity contribution < 1.29 is 8.42 Å². The predicted octanol–water partition coefficient (Wildman–Crippen LogP) is 4.91. The zero-order chi connectivity index (χ0) is 15.6. The van der Waals surface area contributed by atoms with Crippen molar-refractivity contribution in [1.29, 1.82) is 0 Å². The molecule has 21 heavy (non-hydrogen) atoms. The fraction of sp³-hybridized carbons (Fsp3) is 0.133. The summed E-state index contributed by atoms with van der Waals surface area (Å²) in [4.78, 5) is 3.50. The second kappa shape index (κ2) is 6.30. The molecule has 0 bridgehead atoms. The van der Waals surface area contributed by atoms with Crippen LogP contribution in [0.4, 0.5) is 0 Å². The van der Waals surface area contributed by atoms with E-state index in [2.05, 4.69) is 36.7 Å². The van der Waals surface area contributed by atoms with Crippen LogP contribution >= 0.6 is 31.9 Å². The summed E-state index contributed by atoms with van der Waals surface area (Å²) in [6.45, 7) is 9.20. The van der Waals surface area contributed by atoms with Crippen LogP contribution in [0.2, 0.25) is 0 Å². The first-order chi connectivity index (χ1) is 9.86. The molecule has 0 aromatic heterocycles. The van der Waals surface area contributed by atoms with Gasteiger partial charge in [-0.1, -0.05) is 49.6 Å². The number of benzene rings is 2. The van der Waals surface area contributed by atoms with Gasteiger partial charge >= 0.3 is 5.37 Å². The Labute approximate surface area is 141 Å². The Hall–Kier alpha value is -1.16. The van der Waals surface area contributed by atoms with Crippen LogP contribution in [-0.2, 0) is 9.84 Å². The molecule has 2 aromatic rings. The lowest BCUT2D eigenvalue weighted by Gasteiger charge is -2.10. The first-order valence-corrected chi connectivity index (χ1v) is 9.11. The van der Waals surface area contributed by atoms with Crippen molar-refractivity contribution in [3.8, 4) is 0 Å². The van der Waals surface area contributed by atoms with Crippen LogP contribution in [0.3, 0.4) is 0 Å². The molecule has 0 aliphatic rings. The molecule has 1 atom stereocenters. The Balaban J connectivity index is 2.58. The van der Waals surface area contributed by atoms with Crippen molar-refractivity contribution in [1.82, 2.24) is 0 Å². The first kappa shape index (κ1) is 16.2. The van der Waals surface area contributed by atoms with E-state index < -0.39 is 15.2 Å². The highest BCUT2D eigenvalue weighted by Gasteiger charge is 2.36. The first-order valence-electron chi connectivity index (χ1n) is 5.98. The Morgan fingerprint density at radius 1 is 1.10 bits per heavy atom. The molecule has 0 spiro atoms. The molecule has 0 fully saturated rings. The number of hydrogen-bond acceptors (Lipinski definition) is 2. The molecule has 108 valence electrons.